The molecule has 1 fully saturated rings. The van der Waals surface area contributed by atoms with E-state index in [-0.39, 0.29) is 18.5 Å². The Bertz CT molecular complexity index is 517. The van der Waals surface area contributed by atoms with Gasteiger partial charge < -0.3 is 10.5 Å². The smallest absolute Gasteiger partial charge is 0.138 e. The van der Waals surface area contributed by atoms with E-state index >= 15 is 0 Å². The fourth-order valence-corrected chi connectivity index (χ4v) is 2.63. The minimum absolute atomic E-state index is 0.154. The Kier molecular flexibility index (Phi) is 5.03. The van der Waals surface area contributed by atoms with Crippen LogP contribution in [0.25, 0.3) is 0 Å². The molecule has 1 aromatic carbocycles. The highest BCUT2D eigenvalue weighted by molar-refractivity contribution is 5.46. The van der Waals surface area contributed by atoms with Gasteiger partial charge in [-0.1, -0.05) is 25.7 Å². The van der Waals surface area contributed by atoms with Crippen LogP contribution in [-0.4, -0.2) is 12.6 Å². The second-order valence-corrected chi connectivity index (χ2v) is 5.65. The van der Waals surface area contributed by atoms with Crippen molar-refractivity contribution >= 4 is 0 Å². The molecule has 3 atom stereocenters. The van der Waals surface area contributed by atoms with Gasteiger partial charge in [0.2, 0.25) is 0 Å². The maximum atomic E-state index is 13.4. The topological polar surface area (TPSA) is 35.2 Å². The molecule has 1 saturated carbocycles. The number of benzene rings is 1. The molecule has 0 aliphatic heterocycles. The highest BCUT2D eigenvalue weighted by Crippen LogP contribution is 2.32. The molecular formula is C17H22FNO. The van der Waals surface area contributed by atoms with E-state index in [4.69, 9.17) is 10.5 Å². The second-order valence-electron chi connectivity index (χ2n) is 5.65. The van der Waals surface area contributed by atoms with Crippen LogP contribution in [0, 0.1) is 29.5 Å². The summed E-state index contributed by atoms with van der Waals surface area (Å²) < 4.78 is 19.4. The van der Waals surface area contributed by atoms with E-state index in [0.717, 1.165) is 25.2 Å². The van der Waals surface area contributed by atoms with E-state index in [9.17, 15) is 4.39 Å². The Morgan fingerprint density at radius 1 is 1.30 bits per heavy atom. The highest BCUT2D eigenvalue weighted by Gasteiger charge is 2.26. The zero-order valence-electron chi connectivity index (χ0n) is 12.2. The van der Waals surface area contributed by atoms with Crippen molar-refractivity contribution < 1.29 is 9.13 Å². The molecule has 0 spiro atoms. The summed E-state index contributed by atoms with van der Waals surface area (Å²) in [6.07, 6.45) is 3.35. The summed E-state index contributed by atoms with van der Waals surface area (Å²) in [7, 11) is 0. The molecule has 0 heterocycles. The van der Waals surface area contributed by atoms with Crippen LogP contribution in [0.1, 0.15) is 38.7 Å². The molecule has 0 radical (unpaired) electrons. The average Bonchev–Trinajstić information content (AvgIpc) is 2.42. The molecule has 1 aliphatic rings. The predicted octanol–water partition coefficient (Wildman–Crippen LogP) is 3.34. The number of rotatable bonds is 2. The Morgan fingerprint density at radius 3 is 2.80 bits per heavy atom. The van der Waals surface area contributed by atoms with Crippen LogP contribution in [-0.2, 0) is 0 Å². The van der Waals surface area contributed by atoms with Crippen LogP contribution in [0.5, 0.6) is 5.75 Å². The largest absolute Gasteiger partial charge is 0.489 e. The van der Waals surface area contributed by atoms with Crippen LogP contribution < -0.4 is 10.5 Å². The van der Waals surface area contributed by atoms with Gasteiger partial charge >= 0.3 is 0 Å². The van der Waals surface area contributed by atoms with Crippen molar-refractivity contribution in [1.82, 2.24) is 0 Å². The third-order valence-electron chi connectivity index (χ3n) is 4.11. The zero-order chi connectivity index (χ0) is 14.5. The summed E-state index contributed by atoms with van der Waals surface area (Å²) in [4.78, 5) is 0. The van der Waals surface area contributed by atoms with Crippen molar-refractivity contribution in [1.29, 1.82) is 0 Å². The molecule has 3 unspecified atom stereocenters. The number of hydrogen-bond donors (Lipinski definition) is 1. The van der Waals surface area contributed by atoms with E-state index in [1.54, 1.807) is 6.07 Å². The molecule has 2 rings (SSSR count). The van der Waals surface area contributed by atoms with Crippen LogP contribution in [0.2, 0.25) is 0 Å². The zero-order valence-corrected chi connectivity index (χ0v) is 12.2. The molecule has 1 aromatic rings. The van der Waals surface area contributed by atoms with Crippen LogP contribution >= 0.6 is 0 Å². The summed E-state index contributed by atoms with van der Waals surface area (Å²) in [5.74, 6) is 7.35. The fraction of sp³-hybridized carbons (Fsp3) is 0.529. The Morgan fingerprint density at radius 2 is 2.10 bits per heavy atom. The Hall–Kier alpha value is -1.53. The van der Waals surface area contributed by atoms with Gasteiger partial charge in [-0.05, 0) is 43.2 Å². The second kappa shape index (κ2) is 6.76. The van der Waals surface area contributed by atoms with Gasteiger partial charge in [0.15, 0.2) is 0 Å². The first-order valence-electron chi connectivity index (χ1n) is 7.25. The molecule has 2 N–H and O–H groups in total. The van der Waals surface area contributed by atoms with E-state index in [0.29, 0.717) is 17.2 Å². The number of nitrogens with two attached hydrogens (primary N) is 1. The normalized spacial score (nSPS) is 25.7. The number of hydrogen-bond acceptors (Lipinski definition) is 2. The molecule has 0 aromatic heterocycles. The first-order chi connectivity index (χ1) is 9.60. The predicted molar refractivity (Wildman–Crippen MR) is 78.9 cm³/mol. The van der Waals surface area contributed by atoms with Gasteiger partial charge in [-0.3, -0.25) is 0 Å². The lowest BCUT2D eigenvalue weighted by molar-refractivity contribution is 0.100. The molecule has 0 bridgehead atoms. The van der Waals surface area contributed by atoms with Gasteiger partial charge in [-0.2, -0.15) is 0 Å². The van der Waals surface area contributed by atoms with Crippen molar-refractivity contribution in [2.45, 2.75) is 39.2 Å². The lowest BCUT2D eigenvalue weighted by atomic mass is 9.80. The Balaban J connectivity index is 2.13. The quantitative estimate of drug-likeness (QED) is 0.840. The van der Waals surface area contributed by atoms with Gasteiger partial charge in [0.1, 0.15) is 11.6 Å². The van der Waals surface area contributed by atoms with Gasteiger partial charge in [-0.25, -0.2) is 4.39 Å². The SMILES string of the molecule is CC1CCC(Oc2cc(F)ccc2C#CCN)CC1C. The number of ether oxygens (including phenoxy) is 1. The standard InChI is InChI=1S/C17H22FNO/c1-12-5-8-16(10-13(12)2)20-17-11-15(18)7-6-14(17)4-3-9-19/h6-7,11-13,16H,5,8-10,19H2,1-2H3. The monoisotopic (exact) mass is 275 g/mol. The first-order valence-corrected chi connectivity index (χ1v) is 7.25. The molecule has 3 heteroatoms. The summed E-state index contributed by atoms with van der Waals surface area (Å²) in [5, 5.41) is 0. The minimum Gasteiger partial charge on any atom is -0.489 e. The lowest BCUT2D eigenvalue weighted by Gasteiger charge is -2.32. The minimum atomic E-state index is -0.296. The van der Waals surface area contributed by atoms with E-state index in [1.165, 1.54) is 12.1 Å². The molecular weight excluding hydrogens is 253 g/mol. The summed E-state index contributed by atoms with van der Waals surface area (Å²) in [6.45, 7) is 4.82. The van der Waals surface area contributed by atoms with Crippen LogP contribution in [0.3, 0.4) is 0 Å². The summed E-state index contributed by atoms with van der Waals surface area (Å²) in [6, 6.07) is 4.48. The molecule has 20 heavy (non-hydrogen) atoms. The van der Waals surface area contributed by atoms with Gasteiger partial charge in [0.05, 0.1) is 18.2 Å². The lowest BCUT2D eigenvalue weighted by Crippen LogP contribution is -2.29. The third-order valence-corrected chi connectivity index (χ3v) is 4.11. The third kappa shape index (κ3) is 3.74. The molecule has 2 nitrogen and oxygen atoms in total. The first kappa shape index (κ1) is 14.9. The van der Waals surface area contributed by atoms with E-state index in [2.05, 4.69) is 25.7 Å². The number of halogens is 1. The van der Waals surface area contributed by atoms with Gasteiger partial charge in [-0.15, -0.1) is 0 Å². The molecule has 0 amide bonds. The average molecular weight is 275 g/mol. The van der Waals surface area contributed by atoms with Crippen molar-refractivity contribution in [2.24, 2.45) is 17.6 Å². The van der Waals surface area contributed by atoms with Crippen LogP contribution in [0.15, 0.2) is 18.2 Å². The van der Waals surface area contributed by atoms with Crippen molar-refractivity contribution in [2.75, 3.05) is 6.54 Å². The van der Waals surface area contributed by atoms with Crippen molar-refractivity contribution in [3.8, 4) is 17.6 Å². The molecule has 0 saturated heterocycles. The van der Waals surface area contributed by atoms with Crippen molar-refractivity contribution in [3.63, 3.8) is 0 Å². The fourth-order valence-electron chi connectivity index (χ4n) is 2.63. The maximum Gasteiger partial charge on any atom is 0.138 e. The Labute approximate surface area is 120 Å². The van der Waals surface area contributed by atoms with Crippen LogP contribution in [0.4, 0.5) is 4.39 Å². The van der Waals surface area contributed by atoms with Crippen molar-refractivity contribution in [3.05, 3.63) is 29.6 Å². The molecule has 108 valence electrons. The summed E-state index contributed by atoms with van der Waals surface area (Å²) in [5.41, 5.74) is 6.10. The van der Waals surface area contributed by atoms with Gasteiger partial charge in [0, 0.05) is 6.07 Å². The molecule has 1 aliphatic carbocycles. The summed E-state index contributed by atoms with van der Waals surface area (Å²) >= 11 is 0. The van der Waals surface area contributed by atoms with Gasteiger partial charge in [0.25, 0.3) is 0 Å². The van der Waals surface area contributed by atoms with E-state index in [1.807, 2.05) is 0 Å². The highest BCUT2D eigenvalue weighted by atomic mass is 19.1. The maximum absolute atomic E-state index is 13.4. The van der Waals surface area contributed by atoms with E-state index < -0.39 is 0 Å².